The molecular formula is C10H14N2O3. The smallest absolute Gasteiger partial charge is 0.136 e. The van der Waals surface area contributed by atoms with E-state index in [9.17, 15) is 0 Å². The van der Waals surface area contributed by atoms with Crippen LogP contribution in [0.5, 0.6) is 0 Å². The Morgan fingerprint density at radius 3 is 2.87 bits per heavy atom. The van der Waals surface area contributed by atoms with Gasteiger partial charge in [-0.15, -0.1) is 0 Å². The minimum Gasteiger partial charge on any atom is -0.394 e. The highest BCUT2D eigenvalue weighted by Crippen LogP contribution is 2.25. The van der Waals surface area contributed by atoms with Gasteiger partial charge in [0, 0.05) is 18.0 Å². The van der Waals surface area contributed by atoms with Crippen LogP contribution in [-0.4, -0.2) is 40.6 Å². The number of nitrogens with one attached hydrogen (secondary N) is 1. The molecule has 0 unspecified atom stereocenters. The Labute approximate surface area is 87.7 Å². The van der Waals surface area contributed by atoms with E-state index in [0.717, 1.165) is 5.56 Å². The van der Waals surface area contributed by atoms with E-state index >= 15 is 0 Å². The SMILES string of the molecule is OCC1(CO)CO[C@H](c2cccnc2)N1. The molecule has 5 heteroatoms. The Hall–Kier alpha value is -1.01. The molecule has 0 spiro atoms. The molecule has 15 heavy (non-hydrogen) atoms. The Balaban J connectivity index is 2.10. The summed E-state index contributed by atoms with van der Waals surface area (Å²) in [6, 6.07) is 3.70. The van der Waals surface area contributed by atoms with E-state index in [2.05, 4.69) is 10.3 Å². The van der Waals surface area contributed by atoms with E-state index in [4.69, 9.17) is 14.9 Å². The second-order valence-corrected chi connectivity index (χ2v) is 3.72. The van der Waals surface area contributed by atoms with Crippen molar-refractivity contribution in [1.29, 1.82) is 0 Å². The molecule has 2 heterocycles. The van der Waals surface area contributed by atoms with Crippen molar-refractivity contribution < 1.29 is 14.9 Å². The maximum Gasteiger partial charge on any atom is 0.136 e. The van der Waals surface area contributed by atoms with Crippen LogP contribution in [0, 0.1) is 0 Å². The standard InChI is InChI=1S/C10H14N2O3/c13-5-10(6-14)7-15-9(12-10)8-2-1-3-11-4-8/h1-4,9,12-14H,5-7H2/t9-/m1/s1. The fraction of sp³-hybridized carbons (Fsp3) is 0.500. The summed E-state index contributed by atoms with van der Waals surface area (Å²) >= 11 is 0. The van der Waals surface area contributed by atoms with Crippen LogP contribution in [0.4, 0.5) is 0 Å². The third-order valence-corrected chi connectivity index (χ3v) is 2.56. The van der Waals surface area contributed by atoms with Crippen LogP contribution in [-0.2, 0) is 4.74 Å². The molecule has 0 amide bonds. The van der Waals surface area contributed by atoms with Gasteiger partial charge >= 0.3 is 0 Å². The number of aromatic nitrogens is 1. The van der Waals surface area contributed by atoms with Gasteiger partial charge in [0.05, 0.1) is 25.4 Å². The topological polar surface area (TPSA) is 74.6 Å². The zero-order valence-electron chi connectivity index (χ0n) is 8.26. The number of pyridine rings is 1. The van der Waals surface area contributed by atoms with E-state index in [0.29, 0.717) is 6.61 Å². The third-order valence-electron chi connectivity index (χ3n) is 2.56. The van der Waals surface area contributed by atoms with Crippen LogP contribution in [0.3, 0.4) is 0 Å². The summed E-state index contributed by atoms with van der Waals surface area (Å²) in [6.07, 6.45) is 3.07. The number of aliphatic hydroxyl groups excluding tert-OH is 2. The van der Waals surface area contributed by atoms with Gasteiger partial charge in [-0.1, -0.05) is 6.07 Å². The summed E-state index contributed by atoms with van der Waals surface area (Å²) < 4.78 is 5.47. The fourth-order valence-electron chi connectivity index (χ4n) is 1.55. The Kier molecular flexibility index (Phi) is 2.97. The second kappa shape index (κ2) is 4.24. The molecule has 3 N–H and O–H groups in total. The largest absolute Gasteiger partial charge is 0.394 e. The molecule has 0 bridgehead atoms. The van der Waals surface area contributed by atoms with Crippen molar-refractivity contribution in [2.24, 2.45) is 0 Å². The van der Waals surface area contributed by atoms with E-state index in [1.165, 1.54) is 0 Å². The lowest BCUT2D eigenvalue weighted by molar-refractivity contribution is 0.0759. The lowest BCUT2D eigenvalue weighted by Crippen LogP contribution is -2.49. The highest BCUT2D eigenvalue weighted by atomic mass is 16.5. The first-order chi connectivity index (χ1) is 7.29. The molecule has 1 aliphatic rings. The van der Waals surface area contributed by atoms with Crippen LogP contribution < -0.4 is 5.32 Å². The molecular weight excluding hydrogens is 196 g/mol. The molecule has 1 aromatic heterocycles. The maximum atomic E-state index is 9.16. The highest BCUT2D eigenvalue weighted by molar-refractivity contribution is 5.14. The van der Waals surface area contributed by atoms with Crippen LogP contribution in [0.1, 0.15) is 11.8 Å². The summed E-state index contributed by atoms with van der Waals surface area (Å²) in [6.45, 7) is -0.0138. The number of nitrogens with zero attached hydrogens (tertiary/aromatic N) is 1. The number of rotatable bonds is 3. The van der Waals surface area contributed by atoms with Gasteiger partial charge in [0.25, 0.3) is 0 Å². The average Bonchev–Trinajstić information content (AvgIpc) is 2.75. The number of aliphatic hydroxyl groups is 2. The van der Waals surface area contributed by atoms with E-state index in [-0.39, 0.29) is 19.4 Å². The molecule has 0 radical (unpaired) electrons. The summed E-state index contributed by atoms with van der Waals surface area (Å²) in [5.74, 6) is 0. The summed E-state index contributed by atoms with van der Waals surface area (Å²) in [5, 5.41) is 21.4. The van der Waals surface area contributed by atoms with Crippen molar-refractivity contribution in [1.82, 2.24) is 10.3 Å². The van der Waals surface area contributed by atoms with Gasteiger partial charge in [0.15, 0.2) is 0 Å². The molecule has 5 nitrogen and oxygen atoms in total. The van der Waals surface area contributed by atoms with Crippen molar-refractivity contribution in [3.63, 3.8) is 0 Å². The summed E-state index contributed by atoms with van der Waals surface area (Å²) in [7, 11) is 0. The molecule has 1 aromatic rings. The predicted octanol–water partition coefficient (Wildman–Crippen LogP) is -0.577. The third kappa shape index (κ3) is 2.00. The summed E-state index contributed by atoms with van der Waals surface area (Å²) in [4.78, 5) is 3.98. The van der Waals surface area contributed by atoms with Gasteiger partial charge in [-0.2, -0.15) is 0 Å². The van der Waals surface area contributed by atoms with Gasteiger partial charge in [-0.25, -0.2) is 0 Å². The number of ether oxygens (including phenoxy) is 1. The molecule has 0 aliphatic carbocycles. The van der Waals surface area contributed by atoms with Crippen molar-refractivity contribution in [2.45, 2.75) is 11.8 Å². The van der Waals surface area contributed by atoms with Gasteiger partial charge < -0.3 is 14.9 Å². The van der Waals surface area contributed by atoms with Gasteiger partial charge in [-0.05, 0) is 6.07 Å². The minimum absolute atomic E-state index is 0.153. The normalized spacial score (nSPS) is 24.3. The molecule has 1 saturated heterocycles. The quantitative estimate of drug-likeness (QED) is 0.622. The van der Waals surface area contributed by atoms with Gasteiger partial charge in [-0.3, -0.25) is 10.3 Å². The van der Waals surface area contributed by atoms with Gasteiger partial charge in [0.1, 0.15) is 6.23 Å². The first kappa shape index (κ1) is 10.5. The van der Waals surface area contributed by atoms with Crippen LogP contribution in [0.15, 0.2) is 24.5 Å². The minimum atomic E-state index is -0.736. The first-order valence-electron chi connectivity index (χ1n) is 4.81. The Morgan fingerprint density at radius 1 is 1.53 bits per heavy atom. The van der Waals surface area contributed by atoms with E-state index < -0.39 is 5.54 Å². The highest BCUT2D eigenvalue weighted by Gasteiger charge is 2.39. The Morgan fingerprint density at radius 2 is 2.33 bits per heavy atom. The van der Waals surface area contributed by atoms with Crippen LogP contribution in [0.2, 0.25) is 0 Å². The second-order valence-electron chi connectivity index (χ2n) is 3.72. The number of hydrogen-bond donors (Lipinski definition) is 3. The molecule has 0 aromatic carbocycles. The zero-order valence-corrected chi connectivity index (χ0v) is 8.26. The maximum absolute atomic E-state index is 9.16. The van der Waals surface area contributed by atoms with Crippen LogP contribution in [0.25, 0.3) is 0 Å². The summed E-state index contributed by atoms with van der Waals surface area (Å²) in [5.41, 5.74) is 0.154. The van der Waals surface area contributed by atoms with Crippen molar-refractivity contribution in [3.8, 4) is 0 Å². The molecule has 1 aliphatic heterocycles. The van der Waals surface area contributed by atoms with Crippen LogP contribution >= 0.6 is 0 Å². The average molecular weight is 210 g/mol. The molecule has 82 valence electrons. The fourth-order valence-corrected chi connectivity index (χ4v) is 1.55. The van der Waals surface area contributed by atoms with Crippen molar-refractivity contribution >= 4 is 0 Å². The molecule has 1 fully saturated rings. The predicted molar refractivity (Wildman–Crippen MR) is 53.0 cm³/mol. The van der Waals surface area contributed by atoms with E-state index in [1.54, 1.807) is 12.4 Å². The molecule has 0 saturated carbocycles. The zero-order chi connectivity index (χ0) is 10.7. The number of hydrogen-bond acceptors (Lipinski definition) is 5. The van der Waals surface area contributed by atoms with Crippen molar-refractivity contribution in [2.75, 3.05) is 19.8 Å². The molecule has 2 rings (SSSR count). The van der Waals surface area contributed by atoms with Crippen molar-refractivity contribution in [3.05, 3.63) is 30.1 Å². The molecule has 1 atom stereocenters. The lowest BCUT2D eigenvalue weighted by atomic mass is 10.0. The lowest BCUT2D eigenvalue weighted by Gasteiger charge is -2.22. The first-order valence-corrected chi connectivity index (χ1v) is 4.81. The monoisotopic (exact) mass is 210 g/mol. The van der Waals surface area contributed by atoms with E-state index in [1.807, 2.05) is 12.1 Å². The Bertz CT molecular complexity index is 314. The van der Waals surface area contributed by atoms with Gasteiger partial charge in [0.2, 0.25) is 0 Å².